The van der Waals surface area contributed by atoms with E-state index in [0.29, 0.717) is 0 Å². The second kappa shape index (κ2) is 6.85. The van der Waals surface area contributed by atoms with Crippen LogP contribution in [0.15, 0.2) is 0 Å². The third-order valence-corrected chi connectivity index (χ3v) is 5.43. The van der Waals surface area contributed by atoms with Crippen LogP contribution in [0, 0.1) is 0 Å². The van der Waals surface area contributed by atoms with Crippen LogP contribution in [-0.2, 0) is 18.4 Å². The van der Waals surface area contributed by atoms with E-state index in [4.69, 9.17) is 4.98 Å². The summed E-state index contributed by atoms with van der Waals surface area (Å²) in [5.74, 6) is 0. The molecule has 0 unspecified atom stereocenters. The van der Waals surface area contributed by atoms with Crippen LogP contribution in [0.1, 0.15) is 74.9 Å². The Balaban J connectivity index is 2.27. The molecule has 1 heterocycles. The summed E-state index contributed by atoms with van der Waals surface area (Å²) >= 11 is 1.99. The maximum absolute atomic E-state index is 5.01. The van der Waals surface area contributed by atoms with E-state index in [0.717, 1.165) is 6.54 Å². The molecule has 0 spiro atoms. The fraction of sp³-hybridized carbons (Fsp3) is 0.812. The molecule has 0 atom stereocenters. The highest BCUT2D eigenvalue weighted by Gasteiger charge is 2.34. The van der Waals surface area contributed by atoms with Crippen LogP contribution in [0.25, 0.3) is 0 Å². The van der Waals surface area contributed by atoms with Crippen molar-refractivity contribution in [3.63, 3.8) is 0 Å². The number of nitrogens with zero attached hydrogens (tertiary/aromatic N) is 1. The maximum Gasteiger partial charge on any atom is 0.113 e. The zero-order chi connectivity index (χ0) is 13.7. The summed E-state index contributed by atoms with van der Waals surface area (Å²) in [4.78, 5) is 6.57. The summed E-state index contributed by atoms with van der Waals surface area (Å²) in [6, 6.07) is 0. The van der Waals surface area contributed by atoms with Gasteiger partial charge >= 0.3 is 0 Å². The van der Waals surface area contributed by atoms with Crippen molar-refractivity contribution < 1.29 is 0 Å². The number of hydrogen-bond acceptors (Lipinski definition) is 3. The summed E-state index contributed by atoms with van der Waals surface area (Å²) in [6.45, 7) is 7.93. The average Bonchev–Trinajstić information content (AvgIpc) is 2.97. The van der Waals surface area contributed by atoms with E-state index in [1.54, 1.807) is 4.88 Å². The van der Waals surface area contributed by atoms with Gasteiger partial charge < -0.3 is 5.32 Å². The maximum atomic E-state index is 5.01. The molecule has 0 radical (unpaired) electrons. The summed E-state index contributed by atoms with van der Waals surface area (Å²) in [7, 11) is 0. The lowest BCUT2D eigenvalue weighted by molar-refractivity contribution is 0.279. The third-order valence-electron chi connectivity index (χ3n) is 4.07. The van der Waals surface area contributed by atoms with Gasteiger partial charge in [0.1, 0.15) is 5.01 Å². The normalized spacial score (nSPS) is 14.9. The highest BCUT2D eigenvalue weighted by Crippen LogP contribution is 2.38. The number of nitrogens with one attached hydrogen (secondary N) is 1. The van der Waals surface area contributed by atoms with Crippen molar-refractivity contribution in [3.05, 3.63) is 15.6 Å². The van der Waals surface area contributed by atoms with Gasteiger partial charge in [0, 0.05) is 4.88 Å². The number of hydrogen-bond donors (Lipinski definition) is 1. The predicted octanol–water partition coefficient (Wildman–Crippen LogP) is 4.43. The molecule has 2 nitrogen and oxygen atoms in total. The zero-order valence-corrected chi connectivity index (χ0v) is 13.5. The standard InChI is InChI=1S/C16H28N2S/c1-4-10-16(11-5-2,17-12-6-3)15-18-13-8-7-9-14(13)19-15/h17H,4-12H2,1-3H3. The average molecular weight is 280 g/mol. The lowest BCUT2D eigenvalue weighted by Crippen LogP contribution is -2.42. The number of fused-ring (bicyclic) bond motifs is 1. The molecule has 0 bridgehead atoms. The van der Waals surface area contributed by atoms with Gasteiger partial charge in [0.25, 0.3) is 0 Å². The van der Waals surface area contributed by atoms with E-state index < -0.39 is 0 Å². The number of aryl methyl sites for hydroxylation is 2. The van der Waals surface area contributed by atoms with Gasteiger partial charge in [-0.05, 0) is 45.1 Å². The minimum atomic E-state index is 0.147. The van der Waals surface area contributed by atoms with Crippen LogP contribution in [0.4, 0.5) is 0 Å². The molecule has 108 valence electrons. The Bertz CT molecular complexity index is 370. The van der Waals surface area contributed by atoms with Crippen LogP contribution < -0.4 is 5.32 Å². The fourth-order valence-corrected chi connectivity index (χ4v) is 4.58. The minimum Gasteiger partial charge on any atom is -0.305 e. The third kappa shape index (κ3) is 3.19. The number of thiazole rings is 1. The Morgan fingerprint density at radius 1 is 1.11 bits per heavy atom. The Morgan fingerprint density at radius 2 is 1.84 bits per heavy atom. The Morgan fingerprint density at radius 3 is 2.42 bits per heavy atom. The van der Waals surface area contributed by atoms with E-state index >= 15 is 0 Å². The molecule has 0 saturated carbocycles. The SMILES string of the molecule is CCCNC(CCC)(CCC)c1nc2c(s1)CCC2. The van der Waals surface area contributed by atoms with Crippen molar-refractivity contribution in [1.82, 2.24) is 10.3 Å². The van der Waals surface area contributed by atoms with Crippen LogP contribution in [-0.4, -0.2) is 11.5 Å². The van der Waals surface area contributed by atoms with Gasteiger partial charge in [0.05, 0.1) is 11.2 Å². The molecular formula is C16H28N2S. The van der Waals surface area contributed by atoms with Crippen molar-refractivity contribution in [3.8, 4) is 0 Å². The molecule has 19 heavy (non-hydrogen) atoms. The molecule has 1 N–H and O–H groups in total. The molecule has 1 aromatic rings. The van der Waals surface area contributed by atoms with E-state index in [1.165, 1.54) is 62.1 Å². The van der Waals surface area contributed by atoms with Gasteiger partial charge in [-0.15, -0.1) is 11.3 Å². The first-order chi connectivity index (χ1) is 9.25. The highest BCUT2D eigenvalue weighted by atomic mass is 32.1. The monoisotopic (exact) mass is 280 g/mol. The summed E-state index contributed by atoms with van der Waals surface area (Å²) in [5.41, 5.74) is 1.55. The molecular weight excluding hydrogens is 252 g/mol. The van der Waals surface area contributed by atoms with E-state index in [1.807, 2.05) is 11.3 Å². The molecule has 1 aromatic heterocycles. The first-order valence-corrected chi connectivity index (χ1v) is 8.81. The number of rotatable bonds is 8. The van der Waals surface area contributed by atoms with Gasteiger partial charge in [-0.3, -0.25) is 0 Å². The van der Waals surface area contributed by atoms with Crippen molar-refractivity contribution >= 4 is 11.3 Å². The number of aromatic nitrogens is 1. The lowest BCUT2D eigenvalue weighted by atomic mass is 9.89. The van der Waals surface area contributed by atoms with Crippen molar-refractivity contribution in [2.45, 2.75) is 77.7 Å². The van der Waals surface area contributed by atoms with Crippen LogP contribution in [0.5, 0.6) is 0 Å². The summed E-state index contributed by atoms with van der Waals surface area (Å²) in [6.07, 6.45) is 9.84. The topological polar surface area (TPSA) is 24.9 Å². The van der Waals surface area contributed by atoms with Crippen LogP contribution in [0.3, 0.4) is 0 Å². The van der Waals surface area contributed by atoms with E-state index in [-0.39, 0.29) is 5.54 Å². The summed E-state index contributed by atoms with van der Waals surface area (Å²) < 4.78 is 0. The Labute approximate surface area is 122 Å². The Kier molecular flexibility index (Phi) is 5.40. The van der Waals surface area contributed by atoms with Gasteiger partial charge in [0.2, 0.25) is 0 Å². The van der Waals surface area contributed by atoms with Crippen molar-refractivity contribution in [1.29, 1.82) is 0 Å². The first-order valence-electron chi connectivity index (χ1n) is 7.99. The molecule has 0 fully saturated rings. The molecule has 0 aliphatic heterocycles. The second-order valence-electron chi connectivity index (χ2n) is 5.75. The van der Waals surface area contributed by atoms with Gasteiger partial charge in [-0.2, -0.15) is 0 Å². The molecule has 0 aromatic carbocycles. The van der Waals surface area contributed by atoms with Crippen LogP contribution >= 0.6 is 11.3 Å². The molecule has 1 aliphatic carbocycles. The van der Waals surface area contributed by atoms with Gasteiger partial charge in [-0.25, -0.2) is 4.98 Å². The largest absolute Gasteiger partial charge is 0.305 e. The van der Waals surface area contributed by atoms with E-state index in [9.17, 15) is 0 Å². The highest BCUT2D eigenvalue weighted by molar-refractivity contribution is 7.12. The molecule has 0 saturated heterocycles. The van der Waals surface area contributed by atoms with Gasteiger partial charge in [0.15, 0.2) is 0 Å². The first kappa shape index (κ1) is 15.0. The fourth-order valence-electron chi connectivity index (χ4n) is 3.20. The van der Waals surface area contributed by atoms with Crippen LogP contribution in [0.2, 0.25) is 0 Å². The molecule has 1 aliphatic rings. The lowest BCUT2D eigenvalue weighted by Gasteiger charge is -2.33. The quantitative estimate of drug-likeness (QED) is 0.762. The summed E-state index contributed by atoms with van der Waals surface area (Å²) in [5, 5.41) is 5.21. The van der Waals surface area contributed by atoms with Crippen molar-refractivity contribution in [2.24, 2.45) is 0 Å². The molecule has 3 heteroatoms. The molecule has 2 rings (SSSR count). The van der Waals surface area contributed by atoms with Crippen molar-refractivity contribution in [2.75, 3.05) is 6.54 Å². The second-order valence-corrected chi connectivity index (χ2v) is 6.83. The van der Waals surface area contributed by atoms with E-state index in [2.05, 4.69) is 26.1 Å². The molecule has 0 amide bonds. The predicted molar refractivity (Wildman–Crippen MR) is 83.9 cm³/mol. The smallest absolute Gasteiger partial charge is 0.113 e. The minimum absolute atomic E-state index is 0.147. The zero-order valence-electron chi connectivity index (χ0n) is 12.7. The Hall–Kier alpha value is -0.410. The van der Waals surface area contributed by atoms with Gasteiger partial charge in [-0.1, -0.05) is 33.6 Å².